The van der Waals surface area contributed by atoms with Crippen molar-refractivity contribution in [2.75, 3.05) is 13.2 Å². The van der Waals surface area contributed by atoms with Crippen LogP contribution in [-0.2, 0) is 28.4 Å². The van der Waals surface area contributed by atoms with Crippen LogP contribution in [0.4, 0.5) is 26.3 Å². The Bertz CT molecular complexity index is 1170. The van der Waals surface area contributed by atoms with Crippen molar-refractivity contribution < 1.29 is 40.6 Å². The fraction of sp³-hybridized carbons (Fsp3) is 0.385. The van der Waals surface area contributed by atoms with Crippen LogP contribution < -0.4 is 4.74 Å². The number of aromatic nitrogens is 2. The number of para-hydroxylation sites is 1. The molecule has 0 amide bonds. The second kappa shape index (κ2) is 12.2. The monoisotopic (exact) mass is 528 g/mol. The van der Waals surface area contributed by atoms with Gasteiger partial charge in [-0.05, 0) is 44.4 Å². The highest BCUT2D eigenvalue weighted by molar-refractivity contribution is 5.69. The molecule has 2 aromatic carbocycles. The van der Waals surface area contributed by atoms with E-state index in [1.807, 2.05) is 0 Å². The summed E-state index contributed by atoms with van der Waals surface area (Å²) in [5.74, 6) is 0.00122. The summed E-state index contributed by atoms with van der Waals surface area (Å²) < 4.78 is 91.6. The van der Waals surface area contributed by atoms with Gasteiger partial charge in [0, 0.05) is 17.5 Å². The maximum absolute atomic E-state index is 13.8. The zero-order valence-electron chi connectivity index (χ0n) is 20.0. The Labute approximate surface area is 210 Å². The first-order valence-electron chi connectivity index (χ1n) is 11.7. The molecule has 0 saturated heterocycles. The van der Waals surface area contributed by atoms with Gasteiger partial charge in [-0.25, -0.2) is 4.98 Å². The van der Waals surface area contributed by atoms with Gasteiger partial charge in [0.25, 0.3) is 0 Å². The highest BCUT2D eigenvalue weighted by Crippen LogP contribution is 2.35. The van der Waals surface area contributed by atoms with Crippen molar-refractivity contribution in [1.82, 2.24) is 9.55 Å². The Kier molecular flexibility index (Phi) is 9.23. The number of halogens is 6. The smallest absolute Gasteiger partial charge is 0.433 e. The van der Waals surface area contributed by atoms with Crippen LogP contribution in [0.1, 0.15) is 49.4 Å². The lowest BCUT2D eigenvalue weighted by molar-refractivity contribution is -0.144. The molecule has 0 bridgehead atoms. The zero-order valence-corrected chi connectivity index (χ0v) is 20.0. The molecule has 0 aliphatic heterocycles. The quantitative estimate of drug-likeness (QED) is 0.151. The number of carbonyl (C=O) groups is 1. The standard InChI is InChI=1S/C26H26F6N2O3/c1-2-36-23(35)10-4-3-7-15-37-21-9-6-5-8-19(21)17-34-22(26(30,31)32)16-33-24(34)18-11-13-20(14-12-18)25(27,28)29/h5-6,8-9,11-14,16H,2-4,7,10,15,17H2,1H3. The van der Waals surface area contributed by atoms with Gasteiger partial charge in [-0.3, -0.25) is 4.79 Å². The number of hydrogen-bond donors (Lipinski definition) is 0. The predicted molar refractivity (Wildman–Crippen MR) is 124 cm³/mol. The van der Waals surface area contributed by atoms with Crippen LogP contribution in [0.15, 0.2) is 54.7 Å². The number of rotatable bonds is 11. The predicted octanol–water partition coefficient (Wildman–Crippen LogP) is 7.14. The summed E-state index contributed by atoms with van der Waals surface area (Å²) in [7, 11) is 0. The first-order chi connectivity index (χ1) is 17.5. The van der Waals surface area contributed by atoms with Gasteiger partial charge in [0.1, 0.15) is 17.3 Å². The van der Waals surface area contributed by atoms with E-state index >= 15 is 0 Å². The summed E-state index contributed by atoms with van der Waals surface area (Å²) in [5.41, 5.74) is -1.38. The van der Waals surface area contributed by atoms with E-state index in [9.17, 15) is 31.1 Å². The fourth-order valence-electron chi connectivity index (χ4n) is 3.71. The number of nitrogens with zero attached hydrogens (tertiary/aromatic N) is 2. The number of imidazole rings is 1. The number of ether oxygens (including phenoxy) is 2. The number of esters is 1. The van der Waals surface area contributed by atoms with Gasteiger partial charge in [-0.1, -0.05) is 30.3 Å². The highest BCUT2D eigenvalue weighted by atomic mass is 19.4. The van der Waals surface area contributed by atoms with E-state index in [4.69, 9.17) is 9.47 Å². The van der Waals surface area contributed by atoms with Crippen molar-refractivity contribution in [3.05, 3.63) is 71.5 Å². The molecule has 0 radical (unpaired) electrons. The highest BCUT2D eigenvalue weighted by Gasteiger charge is 2.36. The van der Waals surface area contributed by atoms with Crippen LogP contribution in [0, 0.1) is 0 Å². The molecule has 0 saturated carbocycles. The first kappa shape index (κ1) is 28.1. The van der Waals surface area contributed by atoms with Crippen molar-refractivity contribution in [2.45, 2.75) is 51.5 Å². The largest absolute Gasteiger partial charge is 0.493 e. The van der Waals surface area contributed by atoms with Crippen LogP contribution in [0.5, 0.6) is 5.75 Å². The van der Waals surface area contributed by atoms with Gasteiger partial charge in [0.05, 0.1) is 31.5 Å². The summed E-state index contributed by atoms with van der Waals surface area (Å²) in [6.45, 7) is 2.09. The van der Waals surface area contributed by atoms with Gasteiger partial charge < -0.3 is 14.0 Å². The molecule has 0 N–H and O–H groups in total. The first-order valence-corrected chi connectivity index (χ1v) is 11.7. The molecule has 3 aromatic rings. The second-order valence-electron chi connectivity index (χ2n) is 8.20. The lowest BCUT2D eigenvalue weighted by Crippen LogP contribution is -2.16. The number of carbonyl (C=O) groups excluding carboxylic acids is 1. The van der Waals surface area contributed by atoms with E-state index in [-0.39, 0.29) is 23.9 Å². The third-order valence-corrected chi connectivity index (χ3v) is 5.51. The average Bonchev–Trinajstić information content (AvgIpc) is 3.26. The van der Waals surface area contributed by atoms with E-state index in [2.05, 4.69) is 4.98 Å². The van der Waals surface area contributed by atoms with E-state index < -0.39 is 23.6 Å². The molecule has 5 nitrogen and oxygen atoms in total. The van der Waals surface area contributed by atoms with Crippen LogP contribution in [-0.4, -0.2) is 28.7 Å². The zero-order chi connectivity index (χ0) is 27.1. The molecule has 11 heteroatoms. The molecule has 3 rings (SSSR count). The molecule has 0 aliphatic rings. The van der Waals surface area contributed by atoms with Crippen molar-refractivity contribution in [1.29, 1.82) is 0 Å². The van der Waals surface area contributed by atoms with Crippen LogP contribution in [0.25, 0.3) is 11.4 Å². The van der Waals surface area contributed by atoms with Gasteiger partial charge in [-0.2, -0.15) is 26.3 Å². The van der Waals surface area contributed by atoms with Crippen molar-refractivity contribution in [2.24, 2.45) is 0 Å². The molecule has 1 heterocycles. The molecular weight excluding hydrogens is 502 g/mol. The van der Waals surface area contributed by atoms with Crippen molar-refractivity contribution in [3.63, 3.8) is 0 Å². The Morgan fingerprint density at radius 1 is 0.919 bits per heavy atom. The lowest BCUT2D eigenvalue weighted by Gasteiger charge is -2.17. The van der Waals surface area contributed by atoms with Crippen LogP contribution in [0.2, 0.25) is 0 Å². The minimum atomic E-state index is -4.73. The number of alkyl halides is 6. The summed E-state index contributed by atoms with van der Waals surface area (Å²) in [5, 5.41) is 0. The van der Waals surface area contributed by atoms with Crippen molar-refractivity contribution >= 4 is 5.97 Å². The third kappa shape index (κ3) is 7.74. The fourth-order valence-corrected chi connectivity index (χ4v) is 3.71. The third-order valence-electron chi connectivity index (χ3n) is 5.51. The normalized spacial score (nSPS) is 12.0. The summed E-state index contributed by atoms with van der Waals surface area (Å²) in [4.78, 5) is 15.3. The van der Waals surface area contributed by atoms with Crippen LogP contribution >= 0.6 is 0 Å². The Morgan fingerprint density at radius 2 is 1.62 bits per heavy atom. The average molecular weight is 528 g/mol. The second-order valence-corrected chi connectivity index (χ2v) is 8.20. The maximum atomic E-state index is 13.8. The van der Waals surface area contributed by atoms with Gasteiger partial charge in [0.15, 0.2) is 0 Å². The van der Waals surface area contributed by atoms with Crippen LogP contribution in [0.3, 0.4) is 0 Å². The number of hydrogen-bond acceptors (Lipinski definition) is 4. The van der Waals surface area contributed by atoms with Gasteiger partial charge in [0.2, 0.25) is 0 Å². The van der Waals surface area contributed by atoms with E-state index in [1.165, 1.54) is 0 Å². The Balaban J connectivity index is 1.77. The Morgan fingerprint density at radius 3 is 2.27 bits per heavy atom. The van der Waals surface area contributed by atoms with Gasteiger partial charge >= 0.3 is 18.3 Å². The molecule has 0 atom stereocenters. The van der Waals surface area contributed by atoms with E-state index in [0.29, 0.717) is 56.4 Å². The van der Waals surface area contributed by atoms with E-state index in [0.717, 1.165) is 28.8 Å². The minimum Gasteiger partial charge on any atom is -0.493 e. The maximum Gasteiger partial charge on any atom is 0.433 e. The lowest BCUT2D eigenvalue weighted by atomic mass is 10.1. The summed E-state index contributed by atoms with van der Waals surface area (Å²) in [6.07, 6.45) is -6.36. The number of benzene rings is 2. The summed E-state index contributed by atoms with van der Waals surface area (Å²) in [6, 6.07) is 10.4. The molecule has 37 heavy (non-hydrogen) atoms. The molecular formula is C26H26F6N2O3. The minimum absolute atomic E-state index is 0.114. The van der Waals surface area contributed by atoms with E-state index in [1.54, 1.807) is 31.2 Å². The SMILES string of the molecule is CCOC(=O)CCCCCOc1ccccc1Cn1c(C(F)(F)F)cnc1-c1ccc(C(F)(F)F)cc1. The molecule has 0 aliphatic carbocycles. The Hall–Kier alpha value is -3.50. The van der Waals surface area contributed by atoms with Gasteiger partial charge in [-0.15, -0.1) is 0 Å². The molecule has 200 valence electrons. The van der Waals surface area contributed by atoms with Crippen molar-refractivity contribution in [3.8, 4) is 17.1 Å². The molecule has 1 aromatic heterocycles. The molecule has 0 spiro atoms. The molecule has 0 unspecified atom stereocenters. The topological polar surface area (TPSA) is 53.4 Å². The number of unbranched alkanes of at least 4 members (excludes halogenated alkanes) is 2. The molecule has 0 fully saturated rings. The summed E-state index contributed by atoms with van der Waals surface area (Å²) >= 11 is 0.